The third-order valence-corrected chi connectivity index (χ3v) is 9.67. The van der Waals surface area contributed by atoms with Crippen LogP contribution in [0.3, 0.4) is 0 Å². The first-order chi connectivity index (χ1) is 21.0. The third-order valence-electron chi connectivity index (χ3n) is 6.80. The molecule has 1 unspecified atom stereocenters. The van der Waals surface area contributed by atoms with E-state index in [0.717, 1.165) is 19.3 Å². The van der Waals surface area contributed by atoms with Crippen LogP contribution in [0.25, 0.3) is 11.4 Å². The minimum atomic E-state index is -3.95. The minimum Gasteiger partial charge on any atom is -0.495 e. The molecule has 1 atom stereocenters. The summed E-state index contributed by atoms with van der Waals surface area (Å²) in [6.07, 6.45) is 2.91. The van der Waals surface area contributed by atoms with E-state index in [1.165, 1.54) is 24.9 Å². The lowest BCUT2D eigenvalue weighted by Crippen LogP contribution is -2.16. The molecular weight excluding hydrogens is 641 g/mol. The number of nitrogens with zero attached hydrogens (tertiary/aromatic N) is 3. The summed E-state index contributed by atoms with van der Waals surface area (Å²) in [6.45, 7) is 6.45. The van der Waals surface area contributed by atoms with Gasteiger partial charge in [-0.25, -0.2) is 8.42 Å². The second-order valence-corrected chi connectivity index (χ2v) is 14.1. The quantitative estimate of drug-likeness (QED) is 0.130. The molecule has 0 spiro atoms. The average Bonchev–Trinajstić information content (AvgIpc) is 3.41. The van der Waals surface area contributed by atoms with Crippen LogP contribution in [-0.4, -0.2) is 42.0 Å². The summed E-state index contributed by atoms with van der Waals surface area (Å²) in [6, 6.07) is 18.2. The number of amides is 1. The number of thioether (sulfide) groups is 1. The number of benzene rings is 3. The summed E-state index contributed by atoms with van der Waals surface area (Å²) in [5.74, 6) is 1.36. The molecule has 9 nitrogen and oxygen atoms in total. The number of rotatable bonds is 14. The zero-order valence-electron chi connectivity index (χ0n) is 24.9. The van der Waals surface area contributed by atoms with Crippen molar-refractivity contribution in [2.45, 2.75) is 56.1 Å². The topological polar surface area (TPSA) is 115 Å². The SMILES string of the molecule is COc1ccc(Cl)cc1NC(=O)CSc1nnc(-c2cccc(S(=O)(=O)Nc3ccccc3Cl)c2)n1C(C)CCCC(C)C. The van der Waals surface area contributed by atoms with Crippen LogP contribution in [-0.2, 0) is 14.8 Å². The fraction of sp³-hybridized carbons (Fsp3) is 0.323. The third kappa shape index (κ3) is 8.68. The minimum absolute atomic E-state index is 0.0150. The number of halogens is 2. The van der Waals surface area contributed by atoms with E-state index in [2.05, 4.69) is 41.0 Å². The van der Waals surface area contributed by atoms with Crippen LogP contribution in [0.2, 0.25) is 10.0 Å². The fourth-order valence-electron chi connectivity index (χ4n) is 4.56. The molecule has 0 saturated carbocycles. The molecule has 0 aliphatic carbocycles. The second-order valence-electron chi connectivity index (χ2n) is 10.6. The number of sulfonamides is 1. The first-order valence-corrected chi connectivity index (χ1v) is 17.3. The Morgan fingerprint density at radius 1 is 0.977 bits per heavy atom. The van der Waals surface area contributed by atoms with Gasteiger partial charge >= 0.3 is 0 Å². The number of ether oxygens (including phenoxy) is 1. The van der Waals surface area contributed by atoms with Crippen LogP contribution in [0.4, 0.5) is 11.4 Å². The summed E-state index contributed by atoms with van der Waals surface area (Å²) >= 11 is 13.6. The zero-order valence-corrected chi connectivity index (χ0v) is 28.0. The van der Waals surface area contributed by atoms with Crippen molar-refractivity contribution in [1.82, 2.24) is 14.8 Å². The van der Waals surface area contributed by atoms with Crippen LogP contribution in [0.1, 0.15) is 46.1 Å². The molecule has 4 aromatic rings. The van der Waals surface area contributed by atoms with E-state index in [4.69, 9.17) is 27.9 Å². The highest BCUT2D eigenvalue weighted by Gasteiger charge is 2.23. The van der Waals surface area contributed by atoms with Gasteiger partial charge in [-0.2, -0.15) is 0 Å². The molecule has 13 heteroatoms. The van der Waals surface area contributed by atoms with E-state index in [0.29, 0.717) is 43.9 Å². The largest absolute Gasteiger partial charge is 0.495 e. The second kappa shape index (κ2) is 15.2. The fourth-order valence-corrected chi connectivity index (χ4v) is 6.94. The van der Waals surface area contributed by atoms with Gasteiger partial charge in [-0.3, -0.25) is 14.1 Å². The van der Waals surface area contributed by atoms with Gasteiger partial charge in [-0.1, -0.05) is 85.9 Å². The van der Waals surface area contributed by atoms with Gasteiger partial charge in [0.2, 0.25) is 5.91 Å². The number of anilines is 2. The molecule has 0 radical (unpaired) electrons. The molecule has 4 rings (SSSR count). The molecule has 0 aliphatic heterocycles. The molecule has 3 aromatic carbocycles. The van der Waals surface area contributed by atoms with Gasteiger partial charge in [0.15, 0.2) is 11.0 Å². The highest BCUT2D eigenvalue weighted by molar-refractivity contribution is 7.99. The lowest BCUT2D eigenvalue weighted by atomic mass is 10.0. The Bertz CT molecular complexity index is 1710. The lowest BCUT2D eigenvalue weighted by Gasteiger charge is -2.19. The Hall–Kier alpha value is -3.25. The molecule has 0 bridgehead atoms. The highest BCUT2D eigenvalue weighted by Crippen LogP contribution is 2.33. The monoisotopic (exact) mass is 675 g/mol. The molecule has 0 fully saturated rings. The molecule has 0 aliphatic rings. The zero-order chi connectivity index (χ0) is 31.9. The Labute approximate surface area is 272 Å². The Balaban J connectivity index is 1.61. The van der Waals surface area contributed by atoms with Crippen molar-refractivity contribution in [3.05, 3.63) is 76.8 Å². The Morgan fingerprint density at radius 2 is 1.75 bits per heavy atom. The van der Waals surface area contributed by atoms with Crippen LogP contribution >= 0.6 is 35.0 Å². The van der Waals surface area contributed by atoms with Gasteiger partial charge in [-0.15, -0.1) is 10.2 Å². The maximum absolute atomic E-state index is 13.3. The number of carbonyl (C=O) groups excluding carboxylic acids is 1. The van der Waals surface area contributed by atoms with Crippen molar-refractivity contribution in [2.75, 3.05) is 22.9 Å². The predicted octanol–water partition coefficient (Wildman–Crippen LogP) is 8.18. The van der Waals surface area contributed by atoms with Crippen LogP contribution in [0, 0.1) is 5.92 Å². The number of methoxy groups -OCH3 is 1. The van der Waals surface area contributed by atoms with E-state index >= 15 is 0 Å². The molecule has 0 saturated heterocycles. The molecule has 44 heavy (non-hydrogen) atoms. The van der Waals surface area contributed by atoms with E-state index in [-0.39, 0.29) is 28.3 Å². The molecule has 1 heterocycles. The first kappa shape index (κ1) is 33.6. The number of hydrogen-bond acceptors (Lipinski definition) is 7. The van der Waals surface area contributed by atoms with E-state index in [1.807, 2.05) is 4.57 Å². The highest BCUT2D eigenvalue weighted by atomic mass is 35.5. The standard InChI is InChI=1S/C31H35Cl2N5O4S2/c1-20(2)9-7-10-21(3)38-30(22-11-8-12-24(17-22)44(40,41)37-26-14-6-5-13-25(26)33)35-36-31(38)43-19-29(39)34-27-18-23(32)15-16-28(27)42-4/h5-6,8,11-18,20-21,37H,7,9-10,19H2,1-4H3,(H,34,39). The van der Waals surface area contributed by atoms with Gasteiger partial charge in [-0.05, 0) is 61.7 Å². The summed E-state index contributed by atoms with van der Waals surface area (Å²) in [4.78, 5) is 13.0. The average molecular weight is 677 g/mol. The maximum Gasteiger partial charge on any atom is 0.261 e. The number of carbonyl (C=O) groups is 1. The Kier molecular flexibility index (Phi) is 11.6. The van der Waals surface area contributed by atoms with E-state index in [9.17, 15) is 13.2 Å². The molecular formula is C31H35Cl2N5O4S2. The summed E-state index contributed by atoms with van der Waals surface area (Å²) in [7, 11) is -2.43. The molecule has 2 N–H and O–H groups in total. The van der Waals surface area contributed by atoms with Crippen LogP contribution in [0.15, 0.2) is 76.8 Å². The number of hydrogen-bond donors (Lipinski definition) is 2. The predicted molar refractivity (Wildman–Crippen MR) is 178 cm³/mol. The Morgan fingerprint density at radius 3 is 2.48 bits per heavy atom. The van der Waals surface area contributed by atoms with E-state index in [1.54, 1.807) is 60.7 Å². The van der Waals surface area contributed by atoms with Crippen LogP contribution in [0.5, 0.6) is 5.75 Å². The number of aromatic nitrogens is 3. The lowest BCUT2D eigenvalue weighted by molar-refractivity contribution is -0.113. The summed E-state index contributed by atoms with van der Waals surface area (Å²) < 4.78 is 36.4. The van der Waals surface area contributed by atoms with Gasteiger partial charge in [0.25, 0.3) is 10.0 Å². The normalized spacial score (nSPS) is 12.2. The molecule has 234 valence electrons. The molecule has 1 amide bonds. The number of para-hydroxylation sites is 1. The van der Waals surface area contributed by atoms with Crippen molar-refractivity contribution in [2.24, 2.45) is 5.92 Å². The molecule has 1 aromatic heterocycles. The van der Waals surface area contributed by atoms with Crippen molar-refractivity contribution >= 4 is 62.3 Å². The van der Waals surface area contributed by atoms with Gasteiger partial charge < -0.3 is 10.1 Å². The number of nitrogens with one attached hydrogen (secondary N) is 2. The van der Waals surface area contributed by atoms with Gasteiger partial charge in [0.1, 0.15) is 5.75 Å². The van der Waals surface area contributed by atoms with Crippen molar-refractivity contribution < 1.29 is 17.9 Å². The van der Waals surface area contributed by atoms with Crippen molar-refractivity contribution in [3.63, 3.8) is 0 Å². The first-order valence-electron chi connectivity index (χ1n) is 14.1. The van der Waals surface area contributed by atoms with Gasteiger partial charge in [0.05, 0.1) is 34.2 Å². The van der Waals surface area contributed by atoms with Gasteiger partial charge in [0, 0.05) is 16.6 Å². The van der Waals surface area contributed by atoms with Crippen LogP contribution < -0.4 is 14.8 Å². The summed E-state index contributed by atoms with van der Waals surface area (Å²) in [5, 5.41) is 13.0. The van der Waals surface area contributed by atoms with E-state index < -0.39 is 10.0 Å². The van der Waals surface area contributed by atoms with Crippen molar-refractivity contribution in [3.8, 4) is 17.1 Å². The van der Waals surface area contributed by atoms with Crippen molar-refractivity contribution in [1.29, 1.82) is 0 Å². The summed E-state index contributed by atoms with van der Waals surface area (Å²) in [5.41, 5.74) is 1.34. The smallest absolute Gasteiger partial charge is 0.261 e. The maximum atomic E-state index is 13.3.